The molecule has 0 saturated carbocycles. The zero-order valence-corrected chi connectivity index (χ0v) is 10.9. The highest BCUT2D eigenvalue weighted by molar-refractivity contribution is 5.10. The molecule has 1 aliphatic heterocycles. The Morgan fingerprint density at radius 2 is 1.94 bits per heavy atom. The van der Waals surface area contributed by atoms with Crippen LogP contribution in [0.1, 0.15) is 32.4 Å². The summed E-state index contributed by atoms with van der Waals surface area (Å²) in [5, 5.41) is 8.04. The van der Waals surface area contributed by atoms with E-state index in [1.54, 1.807) is 0 Å². The maximum Gasteiger partial charge on any atom is 0.233 e. The van der Waals surface area contributed by atoms with Crippen LogP contribution in [0.15, 0.2) is 12.1 Å². The van der Waals surface area contributed by atoms with E-state index in [2.05, 4.69) is 28.9 Å². The fourth-order valence-electron chi connectivity index (χ4n) is 2.13. The Morgan fingerprint density at radius 1 is 1.24 bits per heavy atom. The number of aromatic nitrogens is 2. The van der Waals surface area contributed by atoms with Crippen LogP contribution >= 0.6 is 0 Å². The Morgan fingerprint density at radius 3 is 2.47 bits per heavy atom. The van der Waals surface area contributed by atoms with Crippen molar-refractivity contribution in [3.05, 3.63) is 17.8 Å². The zero-order valence-electron chi connectivity index (χ0n) is 10.9. The predicted molar refractivity (Wildman–Crippen MR) is 67.1 cm³/mol. The molecule has 0 unspecified atom stereocenters. The van der Waals surface area contributed by atoms with Crippen molar-refractivity contribution in [2.75, 3.05) is 13.1 Å². The molecule has 1 fully saturated rings. The SMILES string of the molecule is Cc1ccc(OC2CCN(C(C)C)CC2)nn1. The molecule has 2 heterocycles. The van der Waals surface area contributed by atoms with Gasteiger partial charge in [0.2, 0.25) is 5.88 Å². The van der Waals surface area contributed by atoms with Gasteiger partial charge in [-0.1, -0.05) is 0 Å². The van der Waals surface area contributed by atoms with E-state index < -0.39 is 0 Å². The molecule has 0 radical (unpaired) electrons. The van der Waals surface area contributed by atoms with Gasteiger partial charge >= 0.3 is 0 Å². The lowest BCUT2D eigenvalue weighted by atomic mass is 10.1. The van der Waals surface area contributed by atoms with Crippen molar-refractivity contribution in [1.82, 2.24) is 15.1 Å². The van der Waals surface area contributed by atoms with E-state index in [0.717, 1.165) is 31.6 Å². The summed E-state index contributed by atoms with van der Waals surface area (Å²) in [5.74, 6) is 0.651. The number of hydrogen-bond acceptors (Lipinski definition) is 4. The van der Waals surface area contributed by atoms with Crippen molar-refractivity contribution in [2.24, 2.45) is 0 Å². The van der Waals surface area contributed by atoms with Crippen LogP contribution in [-0.4, -0.2) is 40.3 Å². The van der Waals surface area contributed by atoms with Crippen LogP contribution in [0.2, 0.25) is 0 Å². The molecule has 1 aromatic rings. The number of aryl methyl sites for hydroxylation is 1. The largest absolute Gasteiger partial charge is 0.473 e. The van der Waals surface area contributed by atoms with Crippen molar-refractivity contribution in [3.63, 3.8) is 0 Å². The molecule has 1 saturated heterocycles. The van der Waals surface area contributed by atoms with E-state index in [0.29, 0.717) is 18.0 Å². The van der Waals surface area contributed by atoms with E-state index in [-0.39, 0.29) is 0 Å². The Hall–Kier alpha value is -1.16. The molecule has 2 rings (SSSR count). The molecule has 4 nitrogen and oxygen atoms in total. The summed E-state index contributed by atoms with van der Waals surface area (Å²) in [6, 6.07) is 4.47. The number of rotatable bonds is 3. The summed E-state index contributed by atoms with van der Waals surface area (Å²) in [6.45, 7) is 8.64. The van der Waals surface area contributed by atoms with Gasteiger partial charge in [0.25, 0.3) is 0 Å². The lowest BCUT2D eigenvalue weighted by Gasteiger charge is -2.34. The van der Waals surface area contributed by atoms with Crippen molar-refractivity contribution in [2.45, 2.75) is 45.8 Å². The summed E-state index contributed by atoms with van der Waals surface area (Å²) >= 11 is 0. The second-order valence-corrected chi connectivity index (χ2v) is 4.96. The summed E-state index contributed by atoms with van der Waals surface area (Å²) in [5.41, 5.74) is 0.923. The second kappa shape index (κ2) is 5.45. The van der Waals surface area contributed by atoms with E-state index in [1.165, 1.54) is 0 Å². The van der Waals surface area contributed by atoms with Crippen LogP contribution in [0.5, 0.6) is 5.88 Å². The maximum absolute atomic E-state index is 5.84. The van der Waals surface area contributed by atoms with Gasteiger partial charge in [-0.15, -0.1) is 5.10 Å². The van der Waals surface area contributed by atoms with E-state index in [9.17, 15) is 0 Å². The first-order valence-electron chi connectivity index (χ1n) is 6.36. The van der Waals surface area contributed by atoms with Crippen LogP contribution < -0.4 is 4.74 Å². The van der Waals surface area contributed by atoms with Crippen LogP contribution in [0.4, 0.5) is 0 Å². The average molecular weight is 235 g/mol. The molecule has 0 aromatic carbocycles. The van der Waals surface area contributed by atoms with Gasteiger partial charge < -0.3 is 9.64 Å². The predicted octanol–water partition coefficient (Wildman–Crippen LogP) is 2.04. The smallest absolute Gasteiger partial charge is 0.233 e. The third-order valence-electron chi connectivity index (χ3n) is 3.27. The lowest BCUT2D eigenvalue weighted by Crippen LogP contribution is -2.41. The standard InChI is InChI=1S/C13H21N3O/c1-10(2)16-8-6-12(7-9-16)17-13-5-4-11(3)14-15-13/h4-5,10,12H,6-9H2,1-3H3. The van der Waals surface area contributed by atoms with Crippen LogP contribution in [0.3, 0.4) is 0 Å². The van der Waals surface area contributed by atoms with E-state index in [4.69, 9.17) is 4.74 Å². The number of ether oxygens (including phenoxy) is 1. The molecule has 1 aliphatic rings. The summed E-state index contributed by atoms with van der Waals surface area (Å²) in [4.78, 5) is 2.49. The Bertz CT molecular complexity index is 342. The first kappa shape index (κ1) is 12.3. The van der Waals surface area contributed by atoms with Gasteiger partial charge in [0.1, 0.15) is 6.10 Å². The molecule has 0 spiro atoms. The third kappa shape index (κ3) is 3.40. The van der Waals surface area contributed by atoms with Gasteiger partial charge in [0.05, 0.1) is 5.69 Å². The molecule has 1 aromatic heterocycles. The highest BCUT2D eigenvalue weighted by atomic mass is 16.5. The van der Waals surface area contributed by atoms with Crippen molar-refractivity contribution < 1.29 is 4.74 Å². The zero-order chi connectivity index (χ0) is 12.3. The van der Waals surface area contributed by atoms with Gasteiger partial charge in [-0.05, 0) is 39.7 Å². The molecule has 17 heavy (non-hydrogen) atoms. The minimum atomic E-state index is 0.294. The van der Waals surface area contributed by atoms with Gasteiger partial charge in [0, 0.05) is 25.2 Å². The van der Waals surface area contributed by atoms with Gasteiger partial charge in [-0.2, -0.15) is 5.10 Å². The minimum Gasteiger partial charge on any atom is -0.473 e. The Balaban J connectivity index is 1.84. The number of nitrogens with zero attached hydrogens (tertiary/aromatic N) is 3. The molecule has 0 atom stereocenters. The minimum absolute atomic E-state index is 0.294. The van der Waals surface area contributed by atoms with Crippen LogP contribution in [-0.2, 0) is 0 Å². The van der Waals surface area contributed by atoms with Crippen LogP contribution in [0, 0.1) is 6.92 Å². The second-order valence-electron chi connectivity index (χ2n) is 4.96. The Labute approximate surface area is 103 Å². The van der Waals surface area contributed by atoms with Crippen molar-refractivity contribution in [3.8, 4) is 5.88 Å². The molecule has 0 bridgehead atoms. The summed E-state index contributed by atoms with van der Waals surface area (Å²) < 4.78 is 5.84. The fourth-order valence-corrected chi connectivity index (χ4v) is 2.13. The number of likely N-dealkylation sites (tertiary alicyclic amines) is 1. The fraction of sp³-hybridized carbons (Fsp3) is 0.692. The molecule has 0 amide bonds. The Kier molecular flexibility index (Phi) is 3.94. The highest BCUT2D eigenvalue weighted by Gasteiger charge is 2.22. The monoisotopic (exact) mass is 235 g/mol. The topological polar surface area (TPSA) is 38.2 Å². The summed E-state index contributed by atoms with van der Waals surface area (Å²) in [6.07, 6.45) is 2.45. The van der Waals surface area contributed by atoms with Crippen molar-refractivity contribution >= 4 is 0 Å². The lowest BCUT2D eigenvalue weighted by molar-refractivity contribution is 0.0805. The number of piperidine rings is 1. The highest BCUT2D eigenvalue weighted by Crippen LogP contribution is 2.18. The molecule has 0 aliphatic carbocycles. The van der Waals surface area contributed by atoms with Crippen LogP contribution in [0.25, 0.3) is 0 Å². The molecular formula is C13H21N3O. The van der Waals surface area contributed by atoms with E-state index >= 15 is 0 Å². The van der Waals surface area contributed by atoms with Crippen molar-refractivity contribution in [1.29, 1.82) is 0 Å². The van der Waals surface area contributed by atoms with Gasteiger partial charge in [0.15, 0.2) is 0 Å². The quantitative estimate of drug-likeness (QED) is 0.803. The number of hydrogen-bond donors (Lipinski definition) is 0. The first-order valence-corrected chi connectivity index (χ1v) is 6.36. The molecular weight excluding hydrogens is 214 g/mol. The normalized spacial score (nSPS) is 18.6. The van der Waals surface area contributed by atoms with Gasteiger partial charge in [-0.3, -0.25) is 0 Å². The summed E-state index contributed by atoms with van der Waals surface area (Å²) in [7, 11) is 0. The third-order valence-corrected chi connectivity index (χ3v) is 3.27. The molecule has 4 heteroatoms. The first-order chi connectivity index (χ1) is 8.15. The average Bonchev–Trinajstić information content (AvgIpc) is 2.33. The van der Waals surface area contributed by atoms with Gasteiger partial charge in [-0.25, -0.2) is 0 Å². The van der Waals surface area contributed by atoms with E-state index in [1.807, 2.05) is 19.1 Å². The molecule has 94 valence electrons. The molecule has 0 N–H and O–H groups in total. The maximum atomic E-state index is 5.84.